The summed E-state index contributed by atoms with van der Waals surface area (Å²) in [6.45, 7) is 6.86. The van der Waals surface area contributed by atoms with E-state index in [1.54, 1.807) is 0 Å². The van der Waals surface area contributed by atoms with Crippen LogP contribution in [0.1, 0.15) is 31.0 Å². The second-order valence-electron chi connectivity index (χ2n) is 7.35. The summed E-state index contributed by atoms with van der Waals surface area (Å²) in [6.07, 6.45) is 5.65. The SMILES string of the molecule is CCn1ncc2c(NC3CCOCC3)c(Cn3cc4nnsc4c3O)c(C)nc21. The zero-order valence-electron chi connectivity index (χ0n) is 16.4. The van der Waals surface area contributed by atoms with Gasteiger partial charge in [-0.05, 0) is 38.2 Å². The molecular weight excluding hydrogens is 390 g/mol. The lowest BCUT2D eigenvalue weighted by atomic mass is 10.0. The summed E-state index contributed by atoms with van der Waals surface area (Å²) < 4.78 is 13.9. The van der Waals surface area contributed by atoms with Crippen LogP contribution in [0.4, 0.5) is 5.69 Å². The van der Waals surface area contributed by atoms with Crippen LogP contribution in [0.15, 0.2) is 12.4 Å². The van der Waals surface area contributed by atoms with Gasteiger partial charge in [-0.25, -0.2) is 9.67 Å². The number of ether oxygens (including phenoxy) is 1. The molecule has 1 aliphatic heterocycles. The number of rotatable bonds is 5. The van der Waals surface area contributed by atoms with Crippen molar-refractivity contribution in [3.05, 3.63) is 23.7 Å². The first-order valence-corrected chi connectivity index (χ1v) is 10.6. The van der Waals surface area contributed by atoms with Crippen molar-refractivity contribution >= 4 is 38.5 Å². The highest BCUT2D eigenvalue weighted by molar-refractivity contribution is 7.13. The van der Waals surface area contributed by atoms with Crippen LogP contribution in [0.5, 0.6) is 5.88 Å². The van der Waals surface area contributed by atoms with Gasteiger partial charge in [-0.1, -0.05) is 4.49 Å². The predicted octanol–water partition coefficient (Wildman–Crippen LogP) is 2.91. The summed E-state index contributed by atoms with van der Waals surface area (Å²) in [4.78, 5) is 4.84. The van der Waals surface area contributed by atoms with E-state index in [0.717, 1.165) is 60.6 Å². The van der Waals surface area contributed by atoms with Gasteiger partial charge in [-0.2, -0.15) is 5.10 Å². The van der Waals surface area contributed by atoms with Crippen molar-refractivity contribution in [1.29, 1.82) is 0 Å². The van der Waals surface area contributed by atoms with Gasteiger partial charge in [0.15, 0.2) is 5.65 Å². The van der Waals surface area contributed by atoms with E-state index in [-0.39, 0.29) is 5.88 Å². The number of nitrogens with one attached hydrogen (secondary N) is 1. The molecule has 10 heteroatoms. The topological polar surface area (TPSA) is 103 Å². The monoisotopic (exact) mass is 413 g/mol. The van der Waals surface area contributed by atoms with Crippen LogP contribution in [0.3, 0.4) is 0 Å². The van der Waals surface area contributed by atoms with Crippen molar-refractivity contribution < 1.29 is 9.84 Å². The summed E-state index contributed by atoms with van der Waals surface area (Å²) in [5, 5.41) is 24.0. The molecule has 1 saturated heterocycles. The predicted molar refractivity (Wildman–Crippen MR) is 112 cm³/mol. The van der Waals surface area contributed by atoms with E-state index in [2.05, 4.69) is 26.9 Å². The fourth-order valence-electron chi connectivity index (χ4n) is 3.95. The van der Waals surface area contributed by atoms with Crippen molar-refractivity contribution in [2.24, 2.45) is 0 Å². The maximum Gasteiger partial charge on any atom is 0.213 e. The molecule has 0 aromatic carbocycles. The van der Waals surface area contributed by atoms with Gasteiger partial charge in [-0.15, -0.1) is 5.10 Å². The van der Waals surface area contributed by atoms with Gasteiger partial charge >= 0.3 is 0 Å². The number of aromatic nitrogens is 6. The molecule has 4 aromatic heterocycles. The Morgan fingerprint density at radius 2 is 2.17 bits per heavy atom. The Morgan fingerprint density at radius 3 is 2.93 bits per heavy atom. The standard InChI is InChI=1S/C19H23N7O2S/c1-3-26-18-13(8-20-26)16(22-12-4-6-28-7-5-12)14(11(2)21-18)9-25-10-15-17(19(25)27)29-24-23-15/h8,10,12,27H,3-7,9H2,1-2H3,(H,21,22). The molecule has 4 aromatic rings. The van der Waals surface area contributed by atoms with E-state index >= 15 is 0 Å². The molecule has 0 spiro atoms. The summed E-state index contributed by atoms with van der Waals surface area (Å²) >= 11 is 1.20. The number of hydrogen-bond acceptors (Lipinski definition) is 8. The van der Waals surface area contributed by atoms with Crippen LogP contribution in [0, 0.1) is 6.92 Å². The van der Waals surface area contributed by atoms with Gasteiger partial charge in [0.2, 0.25) is 5.88 Å². The van der Waals surface area contributed by atoms with Crippen LogP contribution in [-0.2, 0) is 17.8 Å². The lowest BCUT2D eigenvalue weighted by Gasteiger charge is -2.26. The maximum atomic E-state index is 10.6. The first kappa shape index (κ1) is 18.3. The quantitative estimate of drug-likeness (QED) is 0.518. The average Bonchev–Trinajstić information content (AvgIpc) is 3.42. The Bertz CT molecular complexity index is 1170. The molecule has 29 heavy (non-hydrogen) atoms. The lowest BCUT2D eigenvalue weighted by molar-refractivity contribution is 0.0904. The van der Waals surface area contributed by atoms with Gasteiger partial charge in [0, 0.05) is 43.3 Å². The average molecular weight is 414 g/mol. The van der Waals surface area contributed by atoms with E-state index in [0.29, 0.717) is 22.8 Å². The van der Waals surface area contributed by atoms with Crippen LogP contribution in [0.25, 0.3) is 21.3 Å². The van der Waals surface area contributed by atoms with Crippen LogP contribution in [-0.4, -0.2) is 53.3 Å². The van der Waals surface area contributed by atoms with Crippen molar-refractivity contribution in [1.82, 2.24) is 28.9 Å². The highest BCUT2D eigenvalue weighted by Gasteiger charge is 2.22. The molecule has 5 rings (SSSR count). The molecule has 9 nitrogen and oxygen atoms in total. The largest absolute Gasteiger partial charge is 0.493 e. The number of nitrogens with zero attached hydrogens (tertiary/aromatic N) is 6. The summed E-state index contributed by atoms with van der Waals surface area (Å²) in [5.41, 5.74) is 4.60. The number of aromatic hydroxyl groups is 1. The molecule has 0 radical (unpaired) electrons. The molecule has 0 saturated carbocycles. The lowest BCUT2D eigenvalue weighted by Crippen LogP contribution is -2.28. The van der Waals surface area contributed by atoms with Crippen LogP contribution in [0.2, 0.25) is 0 Å². The molecule has 0 unspecified atom stereocenters. The maximum absolute atomic E-state index is 10.6. The third-order valence-electron chi connectivity index (χ3n) is 5.56. The van der Waals surface area contributed by atoms with Crippen molar-refractivity contribution in [3.63, 3.8) is 0 Å². The summed E-state index contributed by atoms with van der Waals surface area (Å²) in [7, 11) is 0. The normalized spacial score (nSPS) is 15.5. The second kappa shape index (κ2) is 7.27. The second-order valence-corrected chi connectivity index (χ2v) is 8.10. The van der Waals surface area contributed by atoms with E-state index in [1.807, 2.05) is 28.6 Å². The number of anilines is 1. The molecule has 1 fully saturated rings. The van der Waals surface area contributed by atoms with E-state index < -0.39 is 0 Å². The summed E-state index contributed by atoms with van der Waals surface area (Å²) in [5.74, 6) is 0.191. The highest BCUT2D eigenvalue weighted by Crippen LogP contribution is 2.34. The Kier molecular flexibility index (Phi) is 4.59. The van der Waals surface area contributed by atoms with Gasteiger partial charge in [0.25, 0.3) is 0 Å². The van der Waals surface area contributed by atoms with Crippen molar-refractivity contribution in [2.45, 2.75) is 45.8 Å². The Balaban J connectivity index is 1.62. The number of pyridine rings is 1. The Labute approximate surface area is 171 Å². The van der Waals surface area contributed by atoms with Gasteiger partial charge in [0.05, 0.1) is 23.8 Å². The zero-order chi connectivity index (χ0) is 20.0. The molecule has 0 bridgehead atoms. The number of hydrogen-bond donors (Lipinski definition) is 2. The van der Waals surface area contributed by atoms with E-state index in [4.69, 9.17) is 9.72 Å². The zero-order valence-corrected chi connectivity index (χ0v) is 17.2. The molecule has 5 heterocycles. The third kappa shape index (κ3) is 3.12. The first-order valence-electron chi connectivity index (χ1n) is 9.85. The molecule has 0 amide bonds. The van der Waals surface area contributed by atoms with Crippen LogP contribution >= 0.6 is 11.5 Å². The first-order chi connectivity index (χ1) is 14.2. The van der Waals surface area contributed by atoms with E-state index in [1.165, 1.54) is 11.5 Å². The molecule has 1 aliphatic rings. The fraction of sp³-hybridized carbons (Fsp3) is 0.474. The molecule has 0 atom stereocenters. The van der Waals surface area contributed by atoms with E-state index in [9.17, 15) is 5.11 Å². The smallest absolute Gasteiger partial charge is 0.213 e. The Hall–Kier alpha value is -2.72. The van der Waals surface area contributed by atoms with Gasteiger partial charge in [0.1, 0.15) is 10.2 Å². The van der Waals surface area contributed by atoms with Gasteiger partial charge in [-0.3, -0.25) is 0 Å². The Morgan fingerprint density at radius 1 is 1.34 bits per heavy atom. The third-order valence-corrected chi connectivity index (χ3v) is 6.29. The minimum absolute atomic E-state index is 0.191. The number of aryl methyl sites for hydroxylation is 2. The molecular formula is C19H23N7O2S. The fourth-order valence-corrected chi connectivity index (χ4v) is 4.54. The number of fused-ring (bicyclic) bond motifs is 2. The minimum atomic E-state index is 0.191. The summed E-state index contributed by atoms with van der Waals surface area (Å²) in [6, 6.07) is 0.338. The molecule has 2 N–H and O–H groups in total. The molecule has 152 valence electrons. The van der Waals surface area contributed by atoms with Crippen molar-refractivity contribution in [2.75, 3.05) is 18.5 Å². The molecule has 0 aliphatic carbocycles. The minimum Gasteiger partial charge on any atom is -0.493 e. The van der Waals surface area contributed by atoms with Crippen molar-refractivity contribution in [3.8, 4) is 5.88 Å². The van der Waals surface area contributed by atoms with Crippen LogP contribution < -0.4 is 5.32 Å². The highest BCUT2D eigenvalue weighted by atomic mass is 32.1. The van der Waals surface area contributed by atoms with Gasteiger partial charge < -0.3 is 19.7 Å².